The lowest BCUT2D eigenvalue weighted by atomic mass is 9.90. The van der Waals surface area contributed by atoms with Crippen LogP contribution in [0.1, 0.15) is 52.0 Å². The molecule has 0 bridgehead atoms. The van der Waals surface area contributed by atoms with E-state index >= 15 is 0 Å². The zero-order valence-electron chi connectivity index (χ0n) is 13.9. The van der Waals surface area contributed by atoms with E-state index in [2.05, 4.69) is 19.2 Å². The molecular weight excluding hydrogens is 303 g/mol. The predicted octanol–water partition coefficient (Wildman–Crippen LogP) is 3.62. The van der Waals surface area contributed by atoms with E-state index < -0.39 is 5.54 Å². The normalized spacial score (nSPS) is 14.9. The van der Waals surface area contributed by atoms with Crippen molar-refractivity contribution >= 4 is 18.3 Å². The summed E-state index contributed by atoms with van der Waals surface area (Å²) in [7, 11) is 0. The van der Waals surface area contributed by atoms with Gasteiger partial charge in [-0.2, -0.15) is 0 Å². The molecule has 3 nitrogen and oxygen atoms in total. The molecule has 1 aromatic carbocycles. The number of carbonyl (C=O) groups excluding carboxylic acids is 1. The number of carbonyl (C=O) groups is 1. The molecule has 22 heavy (non-hydrogen) atoms. The van der Waals surface area contributed by atoms with Gasteiger partial charge in [-0.05, 0) is 36.8 Å². The third kappa shape index (κ3) is 6.32. The number of nitrogens with two attached hydrogens (primary N) is 1. The highest BCUT2D eigenvalue weighted by Gasteiger charge is 2.26. The Hall–Kier alpha value is -1.13. The second-order valence-electron chi connectivity index (χ2n) is 6.54. The number of benzene rings is 1. The monoisotopic (exact) mass is 330 g/mol. The van der Waals surface area contributed by atoms with Gasteiger partial charge in [0.15, 0.2) is 0 Å². The average Bonchev–Trinajstić information content (AvgIpc) is 2.37. The van der Waals surface area contributed by atoms with Gasteiger partial charge in [-0.1, -0.05) is 39.0 Å². The van der Waals surface area contributed by atoms with Gasteiger partial charge in [0.1, 0.15) is 5.82 Å². The van der Waals surface area contributed by atoms with Crippen LogP contribution in [0.15, 0.2) is 24.3 Å². The highest BCUT2D eigenvalue weighted by Crippen LogP contribution is 2.23. The highest BCUT2D eigenvalue weighted by molar-refractivity contribution is 5.85. The van der Waals surface area contributed by atoms with Gasteiger partial charge in [-0.15, -0.1) is 12.4 Å². The Morgan fingerprint density at radius 2 is 1.91 bits per heavy atom. The Bertz CT molecular complexity index is 481. The minimum Gasteiger partial charge on any atom is -0.350 e. The van der Waals surface area contributed by atoms with Crippen LogP contribution in [0.3, 0.4) is 0 Å². The molecular formula is C17H28ClFN2O. The summed E-state index contributed by atoms with van der Waals surface area (Å²) in [6.45, 7) is 8.41. The zero-order chi connectivity index (χ0) is 16.0. The molecule has 126 valence electrons. The Balaban J connectivity index is 0.00000441. The SMILES string of the molecule is CC(C)CC(C)(CN)NC(=O)CC(C)c1ccccc1F.Cl. The molecule has 1 aromatic rings. The Kier molecular flexibility index (Phi) is 8.64. The van der Waals surface area contributed by atoms with Gasteiger partial charge >= 0.3 is 0 Å². The van der Waals surface area contributed by atoms with Crippen LogP contribution in [-0.4, -0.2) is 18.0 Å². The molecule has 0 heterocycles. The predicted molar refractivity (Wildman–Crippen MR) is 91.7 cm³/mol. The summed E-state index contributed by atoms with van der Waals surface area (Å²) in [6.07, 6.45) is 1.08. The Morgan fingerprint density at radius 1 is 1.32 bits per heavy atom. The van der Waals surface area contributed by atoms with Crippen LogP contribution in [-0.2, 0) is 4.79 Å². The fraction of sp³-hybridized carbons (Fsp3) is 0.588. The van der Waals surface area contributed by atoms with Crippen molar-refractivity contribution in [3.63, 3.8) is 0 Å². The standard InChI is InChI=1S/C17H27FN2O.ClH/c1-12(2)10-17(4,11-19)20-16(21)9-13(3)14-7-5-6-8-15(14)18;/h5-8,12-13H,9-11,19H2,1-4H3,(H,20,21);1H. The number of halogens is 2. The van der Waals surface area contributed by atoms with Crippen LogP contribution < -0.4 is 11.1 Å². The lowest BCUT2D eigenvalue weighted by molar-refractivity contribution is -0.123. The number of nitrogens with one attached hydrogen (secondary N) is 1. The summed E-state index contributed by atoms with van der Waals surface area (Å²) in [5, 5.41) is 3.01. The van der Waals surface area contributed by atoms with Gasteiger partial charge in [0.2, 0.25) is 5.91 Å². The van der Waals surface area contributed by atoms with Crippen molar-refractivity contribution in [1.82, 2.24) is 5.32 Å². The molecule has 1 rings (SSSR count). The first kappa shape index (κ1) is 20.9. The van der Waals surface area contributed by atoms with Gasteiger partial charge in [0.05, 0.1) is 0 Å². The summed E-state index contributed by atoms with van der Waals surface area (Å²) in [5.74, 6) is -0.0592. The second-order valence-corrected chi connectivity index (χ2v) is 6.54. The average molecular weight is 331 g/mol. The van der Waals surface area contributed by atoms with Gasteiger partial charge in [-0.3, -0.25) is 4.79 Å². The summed E-state index contributed by atoms with van der Waals surface area (Å²) >= 11 is 0. The number of rotatable bonds is 7. The molecule has 0 aliphatic rings. The smallest absolute Gasteiger partial charge is 0.221 e. The zero-order valence-corrected chi connectivity index (χ0v) is 14.7. The van der Waals surface area contributed by atoms with Crippen LogP contribution in [0.4, 0.5) is 4.39 Å². The van der Waals surface area contributed by atoms with Gasteiger partial charge in [0, 0.05) is 18.5 Å². The van der Waals surface area contributed by atoms with Crippen LogP contribution in [0.25, 0.3) is 0 Å². The van der Waals surface area contributed by atoms with E-state index in [4.69, 9.17) is 5.73 Å². The molecule has 0 saturated carbocycles. The van der Waals surface area contributed by atoms with Gasteiger partial charge < -0.3 is 11.1 Å². The summed E-state index contributed by atoms with van der Waals surface area (Å²) in [6, 6.07) is 6.59. The van der Waals surface area contributed by atoms with E-state index in [1.807, 2.05) is 13.8 Å². The van der Waals surface area contributed by atoms with Crippen LogP contribution in [0.2, 0.25) is 0 Å². The van der Waals surface area contributed by atoms with Crippen molar-refractivity contribution in [2.24, 2.45) is 11.7 Å². The first-order valence-corrected chi connectivity index (χ1v) is 7.53. The third-order valence-corrected chi connectivity index (χ3v) is 3.68. The minimum atomic E-state index is -0.403. The summed E-state index contributed by atoms with van der Waals surface area (Å²) in [5.41, 5.74) is 5.97. The molecule has 2 unspecified atom stereocenters. The van der Waals surface area contributed by atoms with Crippen molar-refractivity contribution in [3.05, 3.63) is 35.6 Å². The molecule has 0 fully saturated rings. The number of hydrogen-bond donors (Lipinski definition) is 2. The van der Waals surface area contributed by atoms with E-state index in [1.54, 1.807) is 18.2 Å². The molecule has 5 heteroatoms. The topological polar surface area (TPSA) is 55.1 Å². The Morgan fingerprint density at radius 3 is 2.41 bits per heavy atom. The lowest BCUT2D eigenvalue weighted by Crippen LogP contribution is -2.52. The molecule has 1 amide bonds. The molecule has 0 saturated heterocycles. The number of amides is 1. The molecule has 0 aliphatic carbocycles. The van der Waals surface area contributed by atoms with Gasteiger partial charge in [0.25, 0.3) is 0 Å². The highest BCUT2D eigenvalue weighted by atomic mass is 35.5. The van der Waals surface area contributed by atoms with E-state index in [9.17, 15) is 9.18 Å². The second kappa shape index (κ2) is 9.11. The molecule has 0 spiro atoms. The van der Waals surface area contributed by atoms with Crippen LogP contribution in [0, 0.1) is 11.7 Å². The third-order valence-electron chi connectivity index (χ3n) is 3.68. The maximum Gasteiger partial charge on any atom is 0.221 e. The molecule has 2 atom stereocenters. The molecule has 0 aromatic heterocycles. The lowest BCUT2D eigenvalue weighted by Gasteiger charge is -2.31. The van der Waals surface area contributed by atoms with Crippen molar-refractivity contribution in [3.8, 4) is 0 Å². The first-order valence-electron chi connectivity index (χ1n) is 7.53. The molecule has 3 N–H and O–H groups in total. The van der Waals surface area contributed by atoms with E-state index in [-0.39, 0.29) is 36.5 Å². The van der Waals surface area contributed by atoms with Gasteiger partial charge in [-0.25, -0.2) is 4.39 Å². The minimum absolute atomic E-state index is 0. The number of hydrogen-bond acceptors (Lipinski definition) is 2. The summed E-state index contributed by atoms with van der Waals surface area (Å²) < 4.78 is 13.7. The van der Waals surface area contributed by atoms with Crippen molar-refractivity contribution in [2.45, 2.75) is 52.0 Å². The van der Waals surface area contributed by atoms with Crippen molar-refractivity contribution in [1.29, 1.82) is 0 Å². The fourth-order valence-electron chi connectivity index (χ4n) is 2.74. The quantitative estimate of drug-likeness (QED) is 0.802. The molecule has 0 aliphatic heterocycles. The van der Waals surface area contributed by atoms with E-state index in [1.165, 1.54) is 6.07 Å². The maximum atomic E-state index is 13.7. The fourth-order valence-corrected chi connectivity index (χ4v) is 2.74. The first-order chi connectivity index (χ1) is 9.77. The largest absolute Gasteiger partial charge is 0.350 e. The Labute approximate surface area is 139 Å². The van der Waals surface area contributed by atoms with Crippen molar-refractivity contribution in [2.75, 3.05) is 6.54 Å². The van der Waals surface area contributed by atoms with Crippen molar-refractivity contribution < 1.29 is 9.18 Å². The molecule has 0 radical (unpaired) electrons. The van der Waals surface area contributed by atoms with Crippen LogP contribution in [0.5, 0.6) is 0 Å². The van der Waals surface area contributed by atoms with E-state index in [0.29, 0.717) is 18.0 Å². The van der Waals surface area contributed by atoms with Crippen LogP contribution >= 0.6 is 12.4 Å². The maximum absolute atomic E-state index is 13.7. The summed E-state index contributed by atoms with van der Waals surface area (Å²) in [4.78, 5) is 12.2. The van der Waals surface area contributed by atoms with E-state index in [0.717, 1.165) is 6.42 Å².